The second-order valence-electron chi connectivity index (χ2n) is 13.2. The zero-order valence-electron chi connectivity index (χ0n) is 20.0. The van der Waals surface area contributed by atoms with Crippen LogP contribution in [0.3, 0.4) is 0 Å². The van der Waals surface area contributed by atoms with E-state index in [-0.39, 0.29) is 0 Å². The summed E-state index contributed by atoms with van der Waals surface area (Å²) in [6, 6.07) is 28.5. The molecule has 0 heterocycles. The topological polar surface area (TPSA) is 0 Å². The molecule has 0 saturated heterocycles. The number of hydrogen-bond donors (Lipinski definition) is 0. The molecule has 4 bridgehead atoms. The van der Waals surface area contributed by atoms with Gasteiger partial charge in [0.1, 0.15) is 0 Å². The van der Waals surface area contributed by atoms with Crippen molar-refractivity contribution in [1.82, 2.24) is 0 Å². The molecule has 4 aromatic rings. The van der Waals surface area contributed by atoms with Gasteiger partial charge in [-0.3, -0.25) is 0 Å². The fourth-order valence-corrected chi connectivity index (χ4v) is 12.1. The monoisotopic (exact) mass is 438 g/mol. The lowest BCUT2D eigenvalue weighted by molar-refractivity contribution is -0.348. The molecule has 0 heteroatoms. The molecule has 0 N–H and O–H groups in total. The summed E-state index contributed by atoms with van der Waals surface area (Å²) in [4.78, 5) is 0. The van der Waals surface area contributed by atoms with Crippen LogP contribution in [0.2, 0.25) is 0 Å². The largest absolute Gasteiger partial charge is 0.0616 e. The van der Waals surface area contributed by atoms with Crippen LogP contribution in [0.1, 0.15) is 72.6 Å². The Labute approximate surface area is 201 Å². The number of hydrogen-bond acceptors (Lipinski definition) is 0. The summed E-state index contributed by atoms with van der Waals surface area (Å²) in [6.45, 7) is 5.50. The summed E-state index contributed by atoms with van der Waals surface area (Å²) >= 11 is 0. The Balaban J connectivity index is 1.13. The van der Waals surface area contributed by atoms with E-state index in [1.165, 1.54) is 34.4 Å². The van der Waals surface area contributed by atoms with Gasteiger partial charge >= 0.3 is 0 Å². The molecular formula is C34H30. The van der Waals surface area contributed by atoms with Gasteiger partial charge in [0.15, 0.2) is 0 Å². The molecule has 0 radical (unpaired) electrons. The van der Waals surface area contributed by atoms with Crippen molar-refractivity contribution in [3.05, 3.63) is 95.1 Å². The first-order chi connectivity index (χ1) is 16.6. The first kappa shape index (κ1) is 17.8. The average molecular weight is 439 g/mol. The highest BCUT2D eigenvalue weighted by molar-refractivity contribution is 5.86. The van der Waals surface area contributed by atoms with E-state index in [0.29, 0.717) is 10.8 Å². The fourth-order valence-electron chi connectivity index (χ4n) is 12.1. The van der Waals surface area contributed by atoms with E-state index in [1.54, 1.807) is 22.3 Å². The van der Waals surface area contributed by atoms with Gasteiger partial charge in [0.05, 0.1) is 0 Å². The standard InChI is InChI=1S/C34H30/c1-33-29-25-15-27(23-13-19-9-5-3-7-17(19)11-21(23)25)31(29)34(33,2)32-28-16-26(30(32)33)22-12-18-8-4-6-10-20(18)14-24(22)28/h3-14,25-32H,15-16H2,1-2H3/t25-,26+,27+,28-,29-,30+,31+,32-,33?,34?. The Bertz CT molecular complexity index is 1380. The molecule has 0 aromatic heterocycles. The average Bonchev–Trinajstić information content (AvgIpc) is 3.61. The van der Waals surface area contributed by atoms with E-state index in [0.717, 1.165) is 47.3 Å². The molecule has 6 aliphatic rings. The molecule has 0 nitrogen and oxygen atoms in total. The summed E-state index contributed by atoms with van der Waals surface area (Å²) in [6.07, 6.45) is 2.86. The van der Waals surface area contributed by atoms with Crippen molar-refractivity contribution in [3.8, 4) is 0 Å². The molecule has 34 heavy (non-hydrogen) atoms. The second kappa shape index (κ2) is 5.15. The Morgan fingerprint density at radius 2 is 0.735 bits per heavy atom. The maximum Gasteiger partial charge on any atom is -0.0116 e. The maximum atomic E-state index is 2.75. The van der Waals surface area contributed by atoms with Gasteiger partial charge in [-0.2, -0.15) is 0 Å². The van der Waals surface area contributed by atoms with Crippen molar-refractivity contribution >= 4 is 21.5 Å². The van der Waals surface area contributed by atoms with Gasteiger partial charge < -0.3 is 0 Å². The predicted molar refractivity (Wildman–Crippen MR) is 138 cm³/mol. The smallest absolute Gasteiger partial charge is 0.0116 e. The molecule has 6 aliphatic carbocycles. The van der Waals surface area contributed by atoms with Gasteiger partial charge in [0.25, 0.3) is 0 Å². The van der Waals surface area contributed by atoms with Crippen LogP contribution in [0.5, 0.6) is 0 Å². The summed E-state index contributed by atoms with van der Waals surface area (Å²) in [5.74, 6) is 6.91. The Kier molecular flexibility index (Phi) is 2.70. The molecule has 4 aromatic carbocycles. The Morgan fingerprint density at radius 1 is 0.471 bits per heavy atom. The molecule has 0 amide bonds. The molecule has 10 rings (SSSR count). The molecular weight excluding hydrogens is 408 g/mol. The van der Waals surface area contributed by atoms with Crippen LogP contribution < -0.4 is 0 Å². The predicted octanol–water partition coefficient (Wildman–Crippen LogP) is 8.37. The van der Waals surface area contributed by atoms with Crippen molar-refractivity contribution in [2.75, 3.05) is 0 Å². The van der Waals surface area contributed by atoms with Crippen LogP contribution in [0, 0.1) is 34.5 Å². The minimum absolute atomic E-state index is 0.536. The number of fused-ring (bicyclic) bond motifs is 23. The van der Waals surface area contributed by atoms with Gasteiger partial charge in [-0.05, 0) is 115 Å². The molecule has 2 unspecified atom stereocenters. The zero-order chi connectivity index (χ0) is 22.1. The molecule has 166 valence electrons. The lowest BCUT2D eigenvalue weighted by Gasteiger charge is -2.84. The Hall–Kier alpha value is -2.60. The molecule has 10 atom stereocenters. The Morgan fingerprint density at radius 3 is 1.00 bits per heavy atom. The van der Waals surface area contributed by atoms with E-state index >= 15 is 0 Å². The number of rotatable bonds is 0. The summed E-state index contributed by atoms with van der Waals surface area (Å²) in [7, 11) is 0. The van der Waals surface area contributed by atoms with Gasteiger partial charge in [0, 0.05) is 0 Å². The minimum atomic E-state index is 0.536. The third kappa shape index (κ3) is 1.53. The summed E-state index contributed by atoms with van der Waals surface area (Å²) in [5, 5.41) is 5.80. The molecule has 0 spiro atoms. The van der Waals surface area contributed by atoms with Gasteiger partial charge in [-0.25, -0.2) is 0 Å². The minimum Gasteiger partial charge on any atom is -0.0616 e. The normalized spacial score (nSPS) is 45.4. The van der Waals surface area contributed by atoms with Crippen LogP contribution in [0.15, 0.2) is 72.8 Å². The van der Waals surface area contributed by atoms with E-state index in [1.807, 2.05) is 0 Å². The number of benzene rings is 4. The van der Waals surface area contributed by atoms with Crippen molar-refractivity contribution in [3.63, 3.8) is 0 Å². The highest BCUT2D eigenvalue weighted by atomic mass is 14.9. The third-order valence-electron chi connectivity index (χ3n) is 13.0. The van der Waals surface area contributed by atoms with Gasteiger partial charge in [-0.1, -0.05) is 86.6 Å². The SMILES string of the molecule is CC12[C@@H]3[C@@H]([C@@H]4C[C@H]3c3cc5ccccc5cc34)C1(C)[C@@H]1[C@H]2[C@@H]2C[C@H]1c1cc3ccccc3cc12. The van der Waals surface area contributed by atoms with E-state index in [9.17, 15) is 0 Å². The highest BCUT2D eigenvalue weighted by Crippen LogP contribution is 2.95. The van der Waals surface area contributed by atoms with Crippen LogP contribution in [0.25, 0.3) is 21.5 Å². The van der Waals surface area contributed by atoms with Crippen molar-refractivity contribution in [2.24, 2.45) is 34.5 Å². The van der Waals surface area contributed by atoms with Crippen LogP contribution in [-0.4, -0.2) is 0 Å². The van der Waals surface area contributed by atoms with Crippen LogP contribution in [0.4, 0.5) is 0 Å². The van der Waals surface area contributed by atoms with E-state index in [2.05, 4.69) is 86.6 Å². The van der Waals surface area contributed by atoms with Gasteiger partial charge in [-0.15, -0.1) is 0 Å². The van der Waals surface area contributed by atoms with Crippen molar-refractivity contribution in [2.45, 2.75) is 50.4 Å². The highest BCUT2D eigenvalue weighted by Gasteiger charge is 2.88. The third-order valence-corrected chi connectivity index (χ3v) is 13.0. The van der Waals surface area contributed by atoms with Crippen molar-refractivity contribution < 1.29 is 0 Å². The van der Waals surface area contributed by atoms with Crippen molar-refractivity contribution in [1.29, 1.82) is 0 Å². The van der Waals surface area contributed by atoms with Gasteiger partial charge in [0.2, 0.25) is 0 Å². The summed E-state index contributed by atoms with van der Waals surface area (Å²) in [5.41, 5.74) is 7.98. The second-order valence-corrected chi connectivity index (χ2v) is 13.2. The zero-order valence-corrected chi connectivity index (χ0v) is 20.0. The first-order valence-electron chi connectivity index (χ1n) is 13.7. The van der Waals surface area contributed by atoms with E-state index < -0.39 is 0 Å². The molecule has 4 saturated carbocycles. The molecule has 4 fully saturated rings. The maximum absolute atomic E-state index is 2.75. The lowest BCUT2D eigenvalue weighted by Crippen LogP contribution is -2.79. The quantitative estimate of drug-likeness (QED) is 0.242. The lowest BCUT2D eigenvalue weighted by atomic mass is 9.20. The van der Waals surface area contributed by atoms with Crippen LogP contribution >= 0.6 is 0 Å². The summed E-state index contributed by atoms with van der Waals surface area (Å²) < 4.78 is 0. The fraction of sp³-hybridized carbons (Fsp3) is 0.412. The van der Waals surface area contributed by atoms with Crippen LogP contribution in [-0.2, 0) is 0 Å². The molecule has 0 aliphatic heterocycles. The first-order valence-corrected chi connectivity index (χ1v) is 13.7. The van der Waals surface area contributed by atoms with E-state index in [4.69, 9.17) is 0 Å².